The first-order valence-corrected chi connectivity index (χ1v) is 10.9. The summed E-state index contributed by atoms with van der Waals surface area (Å²) >= 11 is 6.03. The number of carbonyl (C=O) groups is 2. The molecule has 3 aromatic rings. The van der Waals surface area contributed by atoms with E-state index < -0.39 is 23.4 Å². The zero-order chi connectivity index (χ0) is 21.5. The minimum Gasteiger partial charge on any atom is -0.392 e. The third-order valence-electron chi connectivity index (χ3n) is 7.43. The summed E-state index contributed by atoms with van der Waals surface area (Å²) in [7, 11) is 0. The van der Waals surface area contributed by atoms with Crippen LogP contribution < -0.4 is 4.90 Å². The smallest absolute Gasteiger partial charge is 0.239 e. The first kappa shape index (κ1) is 18.8. The summed E-state index contributed by atoms with van der Waals surface area (Å²) in [4.78, 5) is 29.0. The maximum Gasteiger partial charge on any atom is 0.239 e. The van der Waals surface area contributed by atoms with Crippen LogP contribution in [0, 0.1) is 11.8 Å². The Kier molecular flexibility index (Phi) is 3.81. The van der Waals surface area contributed by atoms with E-state index in [1.807, 2.05) is 48.5 Å². The van der Waals surface area contributed by atoms with Gasteiger partial charge in [-0.15, -0.1) is 0 Å². The SMILES string of the molecule is C[C@@H](O)C12c3ccccc3C(c3ccccc31)[C@@H]1C(=O)N(c3ccc(Cl)cc3)C(=O)[C@@H]12. The molecule has 2 amide bonds. The second kappa shape index (κ2) is 6.28. The number of benzene rings is 3. The van der Waals surface area contributed by atoms with Gasteiger partial charge in [0.05, 0.1) is 29.0 Å². The molecule has 3 atom stereocenters. The van der Waals surface area contributed by atoms with E-state index >= 15 is 0 Å². The van der Waals surface area contributed by atoms with Gasteiger partial charge < -0.3 is 5.11 Å². The summed E-state index contributed by atoms with van der Waals surface area (Å²) in [5, 5.41) is 11.8. The van der Waals surface area contributed by atoms with Crippen LogP contribution in [0.2, 0.25) is 5.02 Å². The van der Waals surface area contributed by atoms with Gasteiger partial charge in [0.2, 0.25) is 11.8 Å². The lowest BCUT2D eigenvalue weighted by Gasteiger charge is -2.55. The molecule has 1 N–H and O–H groups in total. The van der Waals surface area contributed by atoms with Gasteiger partial charge in [0.15, 0.2) is 0 Å². The second-order valence-electron chi connectivity index (χ2n) is 8.69. The highest BCUT2D eigenvalue weighted by molar-refractivity contribution is 6.31. The molecule has 0 unspecified atom stereocenters. The number of aliphatic hydroxyl groups excluding tert-OH is 1. The van der Waals surface area contributed by atoms with Crippen LogP contribution in [0.5, 0.6) is 0 Å². The number of rotatable bonds is 2. The number of amides is 2. The molecule has 1 heterocycles. The summed E-state index contributed by atoms with van der Waals surface area (Å²) in [6.07, 6.45) is -0.856. The molecule has 0 saturated carbocycles. The molecule has 2 bridgehead atoms. The fraction of sp³-hybridized carbons (Fsp3) is 0.231. The van der Waals surface area contributed by atoms with Gasteiger partial charge >= 0.3 is 0 Å². The highest BCUT2D eigenvalue weighted by Gasteiger charge is 2.69. The van der Waals surface area contributed by atoms with E-state index in [9.17, 15) is 14.7 Å². The van der Waals surface area contributed by atoms with Gasteiger partial charge in [-0.3, -0.25) is 9.59 Å². The van der Waals surface area contributed by atoms with Gasteiger partial charge in [0.1, 0.15) is 0 Å². The normalized spacial score (nSPS) is 28.9. The number of nitrogens with zero attached hydrogens (tertiary/aromatic N) is 1. The van der Waals surface area contributed by atoms with Crippen molar-refractivity contribution in [1.82, 2.24) is 0 Å². The predicted octanol–water partition coefficient (Wildman–Crippen LogP) is 4.27. The first-order valence-electron chi connectivity index (χ1n) is 10.5. The van der Waals surface area contributed by atoms with Gasteiger partial charge in [0, 0.05) is 10.9 Å². The van der Waals surface area contributed by atoms with Crippen molar-refractivity contribution in [2.45, 2.75) is 24.4 Å². The Morgan fingerprint density at radius 2 is 1.42 bits per heavy atom. The van der Waals surface area contributed by atoms with Gasteiger partial charge in [-0.05, 0) is 53.4 Å². The molecule has 0 aromatic heterocycles. The predicted molar refractivity (Wildman–Crippen MR) is 118 cm³/mol. The Hall–Kier alpha value is -2.95. The number of carbonyl (C=O) groups excluding carboxylic acids is 2. The molecule has 31 heavy (non-hydrogen) atoms. The zero-order valence-electron chi connectivity index (χ0n) is 16.8. The van der Waals surface area contributed by atoms with E-state index in [0.29, 0.717) is 10.7 Å². The fourth-order valence-corrected chi connectivity index (χ4v) is 6.51. The Morgan fingerprint density at radius 1 is 0.871 bits per heavy atom. The molecule has 4 nitrogen and oxygen atoms in total. The van der Waals surface area contributed by atoms with Crippen molar-refractivity contribution in [1.29, 1.82) is 0 Å². The van der Waals surface area contributed by atoms with E-state index in [4.69, 9.17) is 11.6 Å². The third kappa shape index (κ3) is 2.14. The molecule has 4 aliphatic rings. The van der Waals surface area contributed by atoms with Gasteiger partial charge in [-0.25, -0.2) is 4.90 Å². The molecule has 1 saturated heterocycles. The van der Waals surface area contributed by atoms with Crippen LogP contribution in [-0.2, 0) is 15.0 Å². The molecule has 3 aliphatic carbocycles. The van der Waals surface area contributed by atoms with Crippen molar-refractivity contribution < 1.29 is 14.7 Å². The Bertz CT molecular complexity index is 1200. The molecule has 0 radical (unpaired) electrons. The van der Waals surface area contributed by atoms with Crippen LogP contribution in [-0.4, -0.2) is 23.0 Å². The number of imide groups is 1. The summed E-state index contributed by atoms with van der Waals surface area (Å²) < 4.78 is 0. The summed E-state index contributed by atoms with van der Waals surface area (Å²) in [5.74, 6) is -1.90. The molecule has 3 aromatic carbocycles. The van der Waals surface area contributed by atoms with Crippen molar-refractivity contribution in [3.8, 4) is 0 Å². The second-order valence-corrected chi connectivity index (χ2v) is 9.13. The van der Waals surface area contributed by atoms with Gasteiger partial charge in [0.25, 0.3) is 0 Å². The van der Waals surface area contributed by atoms with E-state index in [0.717, 1.165) is 22.3 Å². The number of hydrogen-bond acceptors (Lipinski definition) is 3. The summed E-state index contributed by atoms with van der Waals surface area (Å²) in [6.45, 7) is 1.74. The Labute approximate surface area is 185 Å². The maximum absolute atomic E-state index is 13.9. The van der Waals surface area contributed by atoms with Crippen molar-refractivity contribution in [3.63, 3.8) is 0 Å². The lowest BCUT2D eigenvalue weighted by Crippen LogP contribution is -2.58. The van der Waals surface area contributed by atoms with Crippen LogP contribution in [0.4, 0.5) is 5.69 Å². The standard InChI is InChI=1S/C26H20ClNO3/c1-14(29)26-19-8-4-2-6-17(19)21(18-7-3-5-9-20(18)26)22-23(26)25(31)28(24(22)30)16-12-10-15(27)11-13-16/h2-14,21-23,29H,1H3/t14-,21?,22+,23-,26?/m1/s1. The highest BCUT2D eigenvalue weighted by atomic mass is 35.5. The Morgan fingerprint density at radius 3 is 1.97 bits per heavy atom. The minimum atomic E-state index is -0.972. The first-order chi connectivity index (χ1) is 15.0. The van der Waals surface area contributed by atoms with E-state index in [1.165, 1.54) is 4.90 Å². The highest BCUT2D eigenvalue weighted by Crippen LogP contribution is 2.65. The largest absolute Gasteiger partial charge is 0.392 e. The number of anilines is 1. The molecule has 5 heteroatoms. The number of halogens is 1. The van der Waals surface area contributed by atoms with Gasteiger partial charge in [-0.2, -0.15) is 0 Å². The minimum absolute atomic E-state index is 0.212. The number of hydrogen-bond donors (Lipinski definition) is 1. The lowest BCUT2D eigenvalue weighted by atomic mass is 9.46. The van der Waals surface area contributed by atoms with Gasteiger partial charge in [-0.1, -0.05) is 60.1 Å². The van der Waals surface area contributed by atoms with Crippen molar-refractivity contribution in [2.75, 3.05) is 4.90 Å². The van der Waals surface area contributed by atoms with Crippen LogP contribution in [0.1, 0.15) is 35.1 Å². The van der Waals surface area contributed by atoms with Crippen LogP contribution in [0.25, 0.3) is 0 Å². The van der Waals surface area contributed by atoms with Crippen LogP contribution in [0.3, 0.4) is 0 Å². The molecule has 0 spiro atoms. The molecular formula is C26H20ClNO3. The lowest BCUT2D eigenvalue weighted by molar-refractivity contribution is -0.126. The summed E-state index contributed by atoms with van der Waals surface area (Å²) in [6, 6.07) is 22.7. The third-order valence-corrected chi connectivity index (χ3v) is 7.68. The van der Waals surface area contributed by atoms with Crippen LogP contribution >= 0.6 is 11.6 Å². The number of aliphatic hydroxyl groups is 1. The fourth-order valence-electron chi connectivity index (χ4n) is 6.38. The van der Waals surface area contributed by atoms with Crippen LogP contribution in [0.15, 0.2) is 72.8 Å². The maximum atomic E-state index is 13.9. The summed E-state index contributed by atoms with van der Waals surface area (Å²) in [5.41, 5.74) is 3.51. The zero-order valence-corrected chi connectivity index (χ0v) is 17.6. The van der Waals surface area contributed by atoms with E-state index in [1.54, 1.807) is 31.2 Å². The van der Waals surface area contributed by atoms with Crippen molar-refractivity contribution in [3.05, 3.63) is 100 Å². The Balaban J connectivity index is 1.66. The molecular weight excluding hydrogens is 410 g/mol. The molecule has 1 fully saturated rings. The topological polar surface area (TPSA) is 57.6 Å². The molecule has 154 valence electrons. The van der Waals surface area contributed by atoms with Crippen molar-refractivity contribution in [2.24, 2.45) is 11.8 Å². The van der Waals surface area contributed by atoms with Crippen molar-refractivity contribution >= 4 is 29.1 Å². The average molecular weight is 430 g/mol. The van der Waals surface area contributed by atoms with E-state index in [-0.39, 0.29) is 17.7 Å². The average Bonchev–Trinajstić information content (AvgIpc) is 3.05. The monoisotopic (exact) mass is 429 g/mol. The molecule has 1 aliphatic heterocycles. The van der Waals surface area contributed by atoms with E-state index in [2.05, 4.69) is 0 Å². The quantitative estimate of drug-likeness (QED) is 0.619. The molecule has 7 rings (SSSR count).